The first kappa shape index (κ1) is 21.5. The van der Waals surface area contributed by atoms with Gasteiger partial charge in [0.1, 0.15) is 5.75 Å². The zero-order valence-electron chi connectivity index (χ0n) is 15.8. The molecule has 1 heterocycles. The molecular formula is C19H16F3N3O4S. The van der Waals surface area contributed by atoms with Crippen LogP contribution in [0.15, 0.2) is 58.1 Å². The Morgan fingerprint density at radius 2 is 1.90 bits per heavy atom. The van der Waals surface area contributed by atoms with Gasteiger partial charge < -0.3 is 19.7 Å². The molecule has 1 unspecified atom stereocenters. The molecule has 0 bridgehead atoms. The smallest absolute Gasteiger partial charge is 0.418 e. The highest BCUT2D eigenvalue weighted by molar-refractivity contribution is 8.00. The lowest BCUT2D eigenvalue weighted by Gasteiger charge is -2.15. The molecule has 0 aliphatic rings. The van der Waals surface area contributed by atoms with Crippen molar-refractivity contribution in [3.8, 4) is 17.4 Å². The van der Waals surface area contributed by atoms with Crippen molar-refractivity contribution >= 4 is 23.4 Å². The molecule has 1 aromatic heterocycles. The maximum Gasteiger partial charge on any atom is 0.418 e. The van der Waals surface area contributed by atoms with Crippen LogP contribution in [-0.2, 0) is 11.0 Å². The lowest BCUT2D eigenvalue weighted by molar-refractivity contribution is -0.705. The normalized spacial score (nSPS) is 12.4. The van der Waals surface area contributed by atoms with Gasteiger partial charge in [0.15, 0.2) is 5.95 Å². The lowest BCUT2D eigenvalue weighted by atomic mass is 10.1. The first-order valence-corrected chi connectivity index (χ1v) is 9.46. The molecule has 0 saturated carbocycles. The number of para-hydroxylation sites is 1. The predicted octanol–water partition coefficient (Wildman–Crippen LogP) is 3.17. The Morgan fingerprint density at radius 1 is 1.23 bits per heavy atom. The third-order valence-corrected chi connectivity index (χ3v) is 5.17. The molecule has 30 heavy (non-hydrogen) atoms. The number of hydrogen-bond acceptors (Lipinski definition) is 6. The molecule has 0 fully saturated rings. The van der Waals surface area contributed by atoms with Crippen LogP contribution < -0.4 is 19.8 Å². The van der Waals surface area contributed by atoms with Crippen molar-refractivity contribution in [2.24, 2.45) is 0 Å². The van der Waals surface area contributed by atoms with Crippen LogP contribution in [0.2, 0.25) is 0 Å². The molecule has 11 heteroatoms. The number of hydrogen-bond donors (Lipinski definition) is 1. The van der Waals surface area contributed by atoms with Gasteiger partial charge in [-0.3, -0.25) is 4.79 Å². The predicted molar refractivity (Wildman–Crippen MR) is 99.4 cm³/mol. The molecular weight excluding hydrogens is 423 g/mol. The lowest BCUT2D eigenvalue weighted by Crippen LogP contribution is -2.36. The standard InChI is InChI=1S/C19H16F3N3O4S/c1-11(16(26)23-15-6-4-3-5-14(15)19(20,21)22)30-17-18(27)29-24-25(17)12-7-9-13(28-2)10-8-12/h3-11H,1-2H3,(H-,23,24,26,27). The maximum atomic E-state index is 13.1. The van der Waals surface area contributed by atoms with E-state index in [0.29, 0.717) is 11.4 Å². The third kappa shape index (κ3) is 4.67. The van der Waals surface area contributed by atoms with E-state index < -0.39 is 28.8 Å². The van der Waals surface area contributed by atoms with Gasteiger partial charge in [-0.15, -0.1) is 0 Å². The number of carbonyl (C=O) groups is 1. The summed E-state index contributed by atoms with van der Waals surface area (Å²) < 4.78 is 50.3. The van der Waals surface area contributed by atoms with E-state index in [1.54, 1.807) is 24.3 Å². The highest BCUT2D eigenvalue weighted by Crippen LogP contribution is 2.35. The summed E-state index contributed by atoms with van der Waals surface area (Å²) in [6, 6.07) is 11.2. The first-order chi connectivity index (χ1) is 14.2. The number of benzene rings is 2. The number of ether oxygens (including phenoxy) is 1. The van der Waals surface area contributed by atoms with E-state index in [-0.39, 0.29) is 10.7 Å². The summed E-state index contributed by atoms with van der Waals surface area (Å²) in [7, 11) is 1.51. The largest absolute Gasteiger partial charge is 0.538 e. The topological polar surface area (TPSA) is 91.3 Å². The van der Waals surface area contributed by atoms with Gasteiger partial charge in [0.2, 0.25) is 11.6 Å². The number of thioether (sulfide) groups is 1. The molecule has 0 radical (unpaired) electrons. The second-order valence-electron chi connectivity index (χ2n) is 6.07. The monoisotopic (exact) mass is 439 g/mol. The number of alkyl halides is 3. The second kappa shape index (κ2) is 8.66. The number of halogens is 3. The van der Waals surface area contributed by atoms with Crippen molar-refractivity contribution < 1.29 is 37.0 Å². The summed E-state index contributed by atoms with van der Waals surface area (Å²) in [6.45, 7) is 1.46. The number of nitrogens with zero attached hydrogens (tertiary/aromatic N) is 2. The number of rotatable bonds is 6. The van der Waals surface area contributed by atoms with Crippen molar-refractivity contribution in [3.05, 3.63) is 54.1 Å². The molecule has 0 spiro atoms. The minimum atomic E-state index is -4.62. The third-order valence-electron chi connectivity index (χ3n) is 4.04. The molecule has 0 aliphatic carbocycles. The van der Waals surface area contributed by atoms with Gasteiger partial charge in [0, 0.05) is 12.1 Å². The second-order valence-corrected chi connectivity index (χ2v) is 7.40. The molecule has 1 atom stereocenters. The van der Waals surface area contributed by atoms with Crippen molar-refractivity contribution in [2.45, 2.75) is 23.4 Å². The van der Waals surface area contributed by atoms with Crippen LogP contribution in [0.5, 0.6) is 11.7 Å². The van der Waals surface area contributed by atoms with Crippen LogP contribution in [0.25, 0.3) is 5.69 Å². The Labute approximate surface area is 173 Å². The Balaban J connectivity index is 1.79. The fourth-order valence-electron chi connectivity index (χ4n) is 2.52. The van der Waals surface area contributed by atoms with Crippen LogP contribution in [-0.4, -0.2) is 23.5 Å². The maximum absolute atomic E-state index is 13.1. The molecule has 158 valence electrons. The number of aromatic nitrogens is 2. The Hall–Kier alpha value is -3.21. The minimum Gasteiger partial charge on any atom is -0.538 e. The van der Waals surface area contributed by atoms with Gasteiger partial charge in [0.25, 0.3) is 5.03 Å². The highest BCUT2D eigenvalue weighted by atomic mass is 32.2. The number of amides is 1. The summed E-state index contributed by atoms with van der Waals surface area (Å²) in [4.78, 5) is 12.5. The average molecular weight is 439 g/mol. The summed E-state index contributed by atoms with van der Waals surface area (Å²) >= 11 is 0.819. The molecule has 1 N–H and O–H groups in total. The highest BCUT2D eigenvalue weighted by Gasteiger charge is 2.34. The SMILES string of the molecule is COc1ccc(-[n+]2noc([O-])c2SC(C)C(=O)Nc2ccccc2C(F)(F)F)cc1. The quantitative estimate of drug-likeness (QED) is 0.469. The van der Waals surface area contributed by atoms with Crippen LogP contribution in [0.4, 0.5) is 18.9 Å². The van der Waals surface area contributed by atoms with E-state index in [1.165, 1.54) is 30.8 Å². The molecule has 1 amide bonds. The van der Waals surface area contributed by atoms with E-state index in [9.17, 15) is 23.1 Å². The van der Waals surface area contributed by atoms with Crippen LogP contribution in [0, 0.1) is 0 Å². The number of anilines is 1. The summed E-state index contributed by atoms with van der Waals surface area (Å²) in [6.07, 6.45) is -4.62. The fourth-order valence-corrected chi connectivity index (χ4v) is 3.39. The number of carbonyl (C=O) groups excluding carboxylic acids is 1. The first-order valence-electron chi connectivity index (χ1n) is 8.58. The molecule has 7 nitrogen and oxygen atoms in total. The summed E-state index contributed by atoms with van der Waals surface area (Å²) in [5, 5.41) is 17.1. The Kier molecular flexibility index (Phi) is 6.20. The molecule has 3 rings (SSSR count). The van der Waals surface area contributed by atoms with Crippen LogP contribution in [0.1, 0.15) is 12.5 Å². The summed E-state index contributed by atoms with van der Waals surface area (Å²) in [5.41, 5.74) is -0.837. The van der Waals surface area contributed by atoms with Crippen LogP contribution in [0.3, 0.4) is 0 Å². The van der Waals surface area contributed by atoms with E-state index in [0.717, 1.165) is 23.9 Å². The van der Waals surface area contributed by atoms with Crippen molar-refractivity contribution in [3.63, 3.8) is 0 Å². The fraction of sp³-hybridized carbons (Fsp3) is 0.211. The van der Waals surface area contributed by atoms with Gasteiger partial charge in [0.05, 0.1) is 28.9 Å². The van der Waals surface area contributed by atoms with Gasteiger partial charge in [-0.1, -0.05) is 12.1 Å². The Bertz CT molecular complexity index is 1040. The zero-order valence-corrected chi connectivity index (χ0v) is 16.6. The van der Waals surface area contributed by atoms with Gasteiger partial charge in [-0.05, 0) is 47.6 Å². The van der Waals surface area contributed by atoms with E-state index in [2.05, 4.69) is 10.6 Å². The van der Waals surface area contributed by atoms with Crippen molar-refractivity contribution in [1.82, 2.24) is 5.27 Å². The molecule has 3 aromatic rings. The van der Waals surface area contributed by atoms with Crippen molar-refractivity contribution in [2.75, 3.05) is 12.4 Å². The number of methoxy groups -OCH3 is 1. The molecule has 2 aromatic carbocycles. The minimum absolute atomic E-state index is 0.00641. The van der Waals surface area contributed by atoms with Gasteiger partial charge in [-0.2, -0.15) is 13.2 Å². The summed E-state index contributed by atoms with van der Waals surface area (Å²) in [5.74, 6) is -0.889. The Morgan fingerprint density at radius 3 is 2.53 bits per heavy atom. The average Bonchev–Trinajstić information content (AvgIpc) is 3.08. The zero-order chi connectivity index (χ0) is 21.9. The van der Waals surface area contributed by atoms with Crippen molar-refractivity contribution in [1.29, 1.82) is 0 Å². The van der Waals surface area contributed by atoms with Crippen LogP contribution >= 0.6 is 11.8 Å². The molecule has 0 saturated heterocycles. The van der Waals surface area contributed by atoms with E-state index >= 15 is 0 Å². The molecule has 0 aliphatic heterocycles. The van der Waals surface area contributed by atoms with Gasteiger partial charge in [-0.25, -0.2) is 0 Å². The van der Waals surface area contributed by atoms with E-state index in [1.807, 2.05) is 0 Å². The van der Waals surface area contributed by atoms with E-state index in [4.69, 9.17) is 9.26 Å². The van der Waals surface area contributed by atoms with Gasteiger partial charge >= 0.3 is 6.18 Å². The number of nitrogens with one attached hydrogen (secondary N) is 1.